The van der Waals surface area contributed by atoms with Gasteiger partial charge in [0, 0.05) is 43.0 Å². The summed E-state index contributed by atoms with van der Waals surface area (Å²) in [6.07, 6.45) is 5.23. The van der Waals surface area contributed by atoms with E-state index in [-0.39, 0.29) is 22.7 Å². The zero-order valence-electron chi connectivity index (χ0n) is 15.9. The Morgan fingerprint density at radius 2 is 2.07 bits per heavy atom. The highest BCUT2D eigenvalue weighted by atomic mass is 16.5. The number of methoxy groups -OCH3 is 1. The van der Waals surface area contributed by atoms with Crippen molar-refractivity contribution in [3.63, 3.8) is 0 Å². The van der Waals surface area contributed by atoms with Crippen LogP contribution in [0.3, 0.4) is 0 Å². The van der Waals surface area contributed by atoms with E-state index in [9.17, 15) is 14.4 Å². The quantitative estimate of drug-likeness (QED) is 0.443. The summed E-state index contributed by atoms with van der Waals surface area (Å²) in [5.74, 6) is -0.898. The second-order valence-corrected chi connectivity index (χ2v) is 6.62. The first kappa shape index (κ1) is 18.5. The van der Waals surface area contributed by atoms with E-state index < -0.39 is 17.6 Å². The van der Waals surface area contributed by atoms with Crippen LogP contribution < -0.4 is 10.9 Å². The number of likely N-dealkylation sites (N-methyl/N-ethyl adjacent to an activating group) is 1. The van der Waals surface area contributed by atoms with E-state index in [0.717, 1.165) is 16.5 Å². The number of fused-ring (bicyclic) bond motifs is 2. The number of hydrogen-bond donors (Lipinski definition) is 3. The lowest BCUT2D eigenvalue weighted by Gasteiger charge is -2.21. The summed E-state index contributed by atoms with van der Waals surface area (Å²) in [5, 5.41) is 9.91. The van der Waals surface area contributed by atoms with Gasteiger partial charge in [-0.3, -0.25) is 9.59 Å². The summed E-state index contributed by atoms with van der Waals surface area (Å²) in [4.78, 5) is 40.3. The minimum absolute atomic E-state index is 0.108. The number of carbonyl (C=O) groups is 2. The van der Waals surface area contributed by atoms with Gasteiger partial charge in [-0.25, -0.2) is 9.89 Å². The second-order valence-electron chi connectivity index (χ2n) is 6.62. The summed E-state index contributed by atoms with van der Waals surface area (Å²) in [7, 11) is 2.79. The van der Waals surface area contributed by atoms with Crippen LogP contribution in [0.4, 0.5) is 0 Å². The molecular formula is C20H19N5O4. The molecule has 0 saturated carbocycles. The fourth-order valence-corrected chi connectivity index (χ4v) is 3.50. The largest absolute Gasteiger partial charge is 0.465 e. The number of rotatable bonds is 5. The Hall–Kier alpha value is -3.88. The van der Waals surface area contributed by atoms with Crippen molar-refractivity contribution in [3.05, 3.63) is 64.3 Å². The normalized spacial score (nSPS) is 12.2. The van der Waals surface area contributed by atoms with Gasteiger partial charge in [0.25, 0.3) is 5.56 Å². The van der Waals surface area contributed by atoms with E-state index in [2.05, 4.69) is 20.5 Å². The molecule has 2 aliphatic heterocycles. The number of esters is 1. The molecule has 1 aromatic carbocycles. The molecule has 0 fully saturated rings. The Balaban J connectivity index is 1.85. The van der Waals surface area contributed by atoms with Crippen LogP contribution in [0.15, 0.2) is 47.7 Å². The van der Waals surface area contributed by atoms with Crippen molar-refractivity contribution in [3.8, 4) is 11.3 Å². The van der Waals surface area contributed by atoms with Gasteiger partial charge in [0.2, 0.25) is 5.91 Å². The second kappa shape index (κ2) is 7.27. The van der Waals surface area contributed by atoms with Gasteiger partial charge >= 0.3 is 5.97 Å². The van der Waals surface area contributed by atoms with E-state index in [1.165, 1.54) is 19.5 Å². The third kappa shape index (κ3) is 3.16. The smallest absolute Gasteiger partial charge is 0.341 e. The Kier molecular flexibility index (Phi) is 4.63. The van der Waals surface area contributed by atoms with Gasteiger partial charge in [0.1, 0.15) is 17.3 Å². The topological polar surface area (TPSA) is 122 Å². The Morgan fingerprint density at radius 1 is 1.28 bits per heavy atom. The zero-order chi connectivity index (χ0) is 20.5. The van der Waals surface area contributed by atoms with E-state index in [4.69, 9.17) is 4.74 Å². The monoisotopic (exact) mass is 393 g/mol. The molecule has 3 heterocycles. The molecule has 3 N–H and O–H groups in total. The summed E-state index contributed by atoms with van der Waals surface area (Å²) in [6, 6.07) is 7.09. The predicted octanol–water partition coefficient (Wildman–Crippen LogP) is 1.47. The number of hydrogen-bond acceptors (Lipinski definition) is 5. The van der Waals surface area contributed by atoms with E-state index in [0.29, 0.717) is 6.42 Å². The van der Waals surface area contributed by atoms with Crippen molar-refractivity contribution in [1.29, 1.82) is 0 Å². The maximum atomic E-state index is 12.7. The highest BCUT2D eigenvalue weighted by Gasteiger charge is 2.27. The summed E-state index contributed by atoms with van der Waals surface area (Å²) in [6.45, 7) is 0. The van der Waals surface area contributed by atoms with Crippen molar-refractivity contribution < 1.29 is 14.3 Å². The fourth-order valence-electron chi connectivity index (χ4n) is 3.50. The number of aromatic nitrogens is 4. The molecule has 0 saturated heterocycles. The third-order valence-electron chi connectivity index (χ3n) is 4.98. The molecular weight excluding hydrogens is 374 g/mol. The van der Waals surface area contributed by atoms with Crippen LogP contribution in [-0.4, -0.2) is 45.8 Å². The standard InChI is InChI=1S/C20H19N5O4/c1-21-19(27)16(7-11-8-22-15-6-4-3-5-12(11)15)25-9-13-17(23-24-18(13)26)14(10-25)20(28)29-2/h3-6,8-10,16,22H,7H2,1-2H3,(H,21,27)(H,24,26). The molecule has 0 spiro atoms. The lowest BCUT2D eigenvalue weighted by Crippen LogP contribution is -2.32. The van der Waals surface area contributed by atoms with E-state index in [1.807, 2.05) is 30.5 Å². The predicted molar refractivity (Wildman–Crippen MR) is 106 cm³/mol. The number of para-hydroxylation sites is 1. The molecule has 2 aromatic rings. The van der Waals surface area contributed by atoms with Crippen LogP contribution in [0.2, 0.25) is 0 Å². The third-order valence-corrected chi connectivity index (χ3v) is 4.98. The molecule has 9 nitrogen and oxygen atoms in total. The molecule has 1 aromatic heterocycles. The SMILES string of the molecule is CNC(=O)C(Cc1c[nH]c2ccccc12)n1cc(C(=O)OC)c2n[nH]c(=O)c-2c1. The Bertz CT molecular complexity index is 1240. The minimum atomic E-state index is -0.693. The first-order valence-electron chi connectivity index (χ1n) is 8.98. The van der Waals surface area contributed by atoms with Crippen LogP contribution in [0.25, 0.3) is 22.2 Å². The van der Waals surface area contributed by atoms with Gasteiger partial charge in [-0.05, 0) is 11.6 Å². The number of nitrogens with one attached hydrogen (secondary N) is 3. The van der Waals surface area contributed by atoms with E-state index >= 15 is 0 Å². The molecule has 29 heavy (non-hydrogen) atoms. The molecule has 9 heteroatoms. The maximum Gasteiger partial charge on any atom is 0.341 e. The number of benzene rings is 1. The van der Waals surface area contributed by atoms with Crippen molar-refractivity contribution >= 4 is 22.8 Å². The lowest BCUT2D eigenvalue weighted by atomic mass is 10.0. The first-order chi connectivity index (χ1) is 14.0. The minimum Gasteiger partial charge on any atom is -0.465 e. The number of nitrogens with zero attached hydrogens (tertiary/aromatic N) is 2. The van der Waals surface area contributed by atoms with Gasteiger partial charge in [-0.15, -0.1) is 0 Å². The van der Waals surface area contributed by atoms with Gasteiger partial charge < -0.3 is 19.6 Å². The number of pyridine rings is 1. The zero-order valence-corrected chi connectivity index (χ0v) is 15.9. The average molecular weight is 393 g/mol. The summed E-state index contributed by atoms with van der Waals surface area (Å²) < 4.78 is 6.39. The molecule has 2 aliphatic rings. The number of H-pyrrole nitrogens is 2. The molecule has 1 unspecified atom stereocenters. The fraction of sp³-hybridized carbons (Fsp3) is 0.200. The maximum absolute atomic E-state index is 12.7. The van der Waals surface area contributed by atoms with Crippen molar-refractivity contribution in [1.82, 2.24) is 25.1 Å². The van der Waals surface area contributed by atoms with Gasteiger partial charge in [-0.2, -0.15) is 5.10 Å². The van der Waals surface area contributed by atoms with Crippen LogP contribution in [0.1, 0.15) is 22.0 Å². The van der Waals surface area contributed by atoms with Crippen LogP contribution in [0.5, 0.6) is 0 Å². The first-order valence-corrected chi connectivity index (χ1v) is 8.98. The van der Waals surface area contributed by atoms with Crippen molar-refractivity contribution in [2.75, 3.05) is 14.2 Å². The van der Waals surface area contributed by atoms with Crippen LogP contribution in [-0.2, 0) is 16.0 Å². The van der Waals surface area contributed by atoms with Crippen LogP contribution in [0, 0.1) is 0 Å². The van der Waals surface area contributed by atoms with Crippen molar-refractivity contribution in [2.24, 2.45) is 0 Å². The molecule has 0 bridgehead atoms. The summed E-state index contributed by atoms with van der Waals surface area (Å²) in [5.41, 5.74) is 1.99. The lowest BCUT2D eigenvalue weighted by molar-refractivity contribution is -0.123. The molecule has 148 valence electrons. The number of amides is 1. The number of carbonyl (C=O) groups excluding carboxylic acids is 2. The van der Waals surface area contributed by atoms with E-state index in [1.54, 1.807) is 11.6 Å². The average Bonchev–Trinajstić information content (AvgIpc) is 3.34. The number of aromatic amines is 2. The highest BCUT2D eigenvalue weighted by molar-refractivity contribution is 5.96. The molecule has 1 atom stereocenters. The van der Waals surface area contributed by atoms with Gasteiger partial charge in [-0.1, -0.05) is 18.2 Å². The van der Waals surface area contributed by atoms with Gasteiger partial charge in [0.05, 0.1) is 12.7 Å². The van der Waals surface area contributed by atoms with Gasteiger partial charge in [0.15, 0.2) is 0 Å². The molecule has 0 aliphatic carbocycles. The number of ether oxygens (including phenoxy) is 1. The molecule has 4 rings (SSSR count). The Labute approximate surface area is 165 Å². The Morgan fingerprint density at radius 3 is 2.83 bits per heavy atom. The van der Waals surface area contributed by atoms with Crippen molar-refractivity contribution in [2.45, 2.75) is 12.5 Å². The highest BCUT2D eigenvalue weighted by Crippen LogP contribution is 2.27. The molecule has 0 radical (unpaired) electrons. The van der Waals surface area contributed by atoms with Crippen LogP contribution >= 0.6 is 0 Å². The summed E-state index contributed by atoms with van der Waals surface area (Å²) >= 11 is 0. The molecule has 1 amide bonds.